The first-order valence-corrected chi connectivity index (χ1v) is 10.9. The van der Waals surface area contributed by atoms with Crippen LogP contribution in [0.4, 0.5) is 5.69 Å². The molecule has 0 bridgehead atoms. The van der Waals surface area contributed by atoms with Crippen molar-refractivity contribution in [2.75, 3.05) is 18.0 Å². The molecule has 4 rings (SSSR count). The normalized spacial score (nSPS) is 17.1. The number of aryl methyl sites for hydroxylation is 2. The van der Waals surface area contributed by atoms with Gasteiger partial charge in [-0.2, -0.15) is 0 Å². The zero-order valence-corrected chi connectivity index (χ0v) is 17.9. The van der Waals surface area contributed by atoms with Crippen LogP contribution in [-0.2, 0) is 11.3 Å². The molecular formula is C23H25ClN2OS. The third-order valence-corrected chi connectivity index (χ3v) is 6.70. The number of hydrogen-bond donors (Lipinski definition) is 0. The monoisotopic (exact) mass is 412 g/mol. The summed E-state index contributed by atoms with van der Waals surface area (Å²) in [6.07, 6.45) is 2.54. The minimum absolute atomic E-state index is 0.258. The van der Waals surface area contributed by atoms with Crippen molar-refractivity contribution in [2.24, 2.45) is 0 Å². The van der Waals surface area contributed by atoms with E-state index < -0.39 is 0 Å². The number of anilines is 1. The first-order valence-electron chi connectivity index (χ1n) is 9.74. The second kappa shape index (κ2) is 8.64. The van der Waals surface area contributed by atoms with Crippen LogP contribution in [0.1, 0.15) is 29.0 Å². The average Bonchev–Trinajstić information content (AvgIpc) is 3.08. The van der Waals surface area contributed by atoms with Crippen LogP contribution < -0.4 is 4.90 Å². The van der Waals surface area contributed by atoms with E-state index >= 15 is 0 Å². The van der Waals surface area contributed by atoms with Crippen molar-refractivity contribution in [3.8, 4) is 10.6 Å². The second-order valence-electron chi connectivity index (χ2n) is 7.34. The Labute approximate surface area is 175 Å². The average molecular weight is 413 g/mol. The molecule has 3 nitrogen and oxygen atoms in total. The third kappa shape index (κ3) is 4.40. The van der Waals surface area contributed by atoms with Crippen LogP contribution in [0, 0.1) is 13.8 Å². The van der Waals surface area contributed by atoms with E-state index in [9.17, 15) is 0 Å². The van der Waals surface area contributed by atoms with E-state index in [-0.39, 0.29) is 6.10 Å². The first-order chi connectivity index (χ1) is 13.6. The van der Waals surface area contributed by atoms with Crippen LogP contribution >= 0.6 is 22.9 Å². The highest BCUT2D eigenvalue weighted by molar-refractivity contribution is 7.15. The van der Waals surface area contributed by atoms with E-state index in [0.29, 0.717) is 6.61 Å². The molecular weight excluding hydrogens is 388 g/mol. The molecule has 0 aliphatic carbocycles. The summed E-state index contributed by atoms with van der Waals surface area (Å²) in [6.45, 7) is 6.93. The molecule has 0 spiro atoms. The number of halogens is 1. The molecule has 146 valence electrons. The molecule has 28 heavy (non-hydrogen) atoms. The number of para-hydroxylation sites is 1. The maximum Gasteiger partial charge on any atom is 0.123 e. The van der Waals surface area contributed by atoms with Gasteiger partial charge in [-0.1, -0.05) is 41.9 Å². The Hall–Kier alpha value is -1.88. The van der Waals surface area contributed by atoms with E-state index in [4.69, 9.17) is 21.3 Å². The Kier molecular flexibility index (Phi) is 6.00. The molecule has 3 aromatic rings. The Morgan fingerprint density at radius 1 is 1.14 bits per heavy atom. The van der Waals surface area contributed by atoms with Crippen molar-refractivity contribution in [3.63, 3.8) is 0 Å². The van der Waals surface area contributed by atoms with Crippen molar-refractivity contribution >= 4 is 28.6 Å². The summed E-state index contributed by atoms with van der Waals surface area (Å²) in [6, 6.07) is 16.5. The molecule has 2 aromatic carbocycles. The van der Waals surface area contributed by atoms with Gasteiger partial charge < -0.3 is 9.64 Å². The molecule has 2 heterocycles. The summed E-state index contributed by atoms with van der Waals surface area (Å²) in [5.74, 6) is 0. The second-order valence-corrected chi connectivity index (χ2v) is 8.86. The molecule has 1 saturated heterocycles. The lowest BCUT2D eigenvalue weighted by Crippen LogP contribution is -2.40. The standard InChI is InChI=1S/C23H25ClN2OS/c1-16-6-3-4-8-21(16)26-13-5-7-20(14-26)27-15-22-17(2)25-23(28-22)18-9-11-19(24)12-10-18/h3-4,6,8-12,20H,5,7,13-15H2,1-2H3. The summed E-state index contributed by atoms with van der Waals surface area (Å²) < 4.78 is 6.32. The minimum atomic E-state index is 0.258. The fraction of sp³-hybridized carbons (Fsp3) is 0.348. The van der Waals surface area contributed by atoms with Crippen molar-refractivity contribution in [1.82, 2.24) is 4.98 Å². The smallest absolute Gasteiger partial charge is 0.123 e. The summed E-state index contributed by atoms with van der Waals surface area (Å²) in [5.41, 5.74) is 4.82. The topological polar surface area (TPSA) is 25.4 Å². The van der Waals surface area contributed by atoms with E-state index in [1.165, 1.54) is 16.1 Å². The number of ether oxygens (including phenoxy) is 1. The summed E-state index contributed by atoms with van der Waals surface area (Å²) in [5, 5.41) is 1.77. The molecule has 0 saturated carbocycles. The summed E-state index contributed by atoms with van der Waals surface area (Å²) >= 11 is 7.71. The van der Waals surface area contributed by atoms with Crippen LogP contribution in [0.5, 0.6) is 0 Å². The van der Waals surface area contributed by atoms with Crippen molar-refractivity contribution in [3.05, 3.63) is 69.7 Å². The van der Waals surface area contributed by atoms with Gasteiger partial charge in [0.05, 0.1) is 23.3 Å². The maximum atomic E-state index is 6.32. The van der Waals surface area contributed by atoms with E-state index in [2.05, 4.69) is 43.0 Å². The molecule has 0 amide bonds. The molecule has 0 N–H and O–H groups in total. The molecule has 5 heteroatoms. The number of benzene rings is 2. The van der Waals surface area contributed by atoms with E-state index in [0.717, 1.165) is 47.2 Å². The van der Waals surface area contributed by atoms with Crippen molar-refractivity contribution in [2.45, 2.75) is 39.4 Å². The number of aromatic nitrogens is 1. The first kappa shape index (κ1) is 19.4. The summed E-state index contributed by atoms with van der Waals surface area (Å²) in [7, 11) is 0. The van der Waals surface area contributed by atoms with Gasteiger partial charge in [-0.15, -0.1) is 11.3 Å². The Balaban J connectivity index is 1.40. The zero-order valence-electron chi connectivity index (χ0n) is 16.3. The van der Waals surface area contributed by atoms with Crippen LogP contribution in [0.3, 0.4) is 0 Å². The third-order valence-electron chi connectivity index (χ3n) is 5.27. The highest BCUT2D eigenvalue weighted by Gasteiger charge is 2.22. The number of nitrogens with zero attached hydrogens (tertiary/aromatic N) is 2. The quantitative estimate of drug-likeness (QED) is 0.494. The van der Waals surface area contributed by atoms with E-state index in [1.807, 2.05) is 24.3 Å². The van der Waals surface area contributed by atoms with Crippen molar-refractivity contribution in [1.29, 1.82) is 0 Å². The fourth-order valence-corrected chi connectivity index (χ4v) is 4.80. The lowest BCUT2D eigenvalue weighted by molar-refractivity contribution is 0.0327. The summed E-state index contributed by atoms with van der Waals surface area (Å²) in [4.78, 5) is 8.40. The van der Waals surface area contributed by atoms with Gasteiger partial charge in [-0.25, -0.2) is 4.98 Å². The zero-order chi connectivity index (χ0) is 19.5. The lowest BCUT2D eigenvalue weighted by Gasteiger charge is -2.35. The van der Waals surface area contributed by atoms with Crippen LogP contribution in [0.25, 0.3) is 10.6 Å². The van der Waals surface area contributed by atoms with E-state index in [1.54, 1.807) is 11.3 Å². The minimum Gasteiger partial charge on any atom is -0.371 e. The SMILES string of the molecule is Cc1ccccc1N1CCCC(OCc2sc(-c3ccc(Cl)cc3)nc2C)C1. The molecule has 1 aliphatic rings. The van der Waals surface area contributed by atoms with Gasteiger partial charge in [-0.3, -0.25) is 0 Å². The highest BCUT2D eigenvalue weighted by Crippen LogP contribution is 2.30. The largest absolute Gasteiger partial charge is 0.371 e. The molecule has 0 radical (unpaired) electrons. The predicted molar refractivity (Wildman–Crippen MR) is 119 cm³/mol. The van der Waals surface area contributed by atoms with Gasteiger partial charge in [0, 0.05) is 29.4 Å². The molecule has 1 unspecified atom stereocenters. The van der Waals surface area contributed by atoms with Gasteiger partial charge in [0.2, 0.25) is 0 Å². The van der Waals surface area contributed by atoms with Crippen LogP contribution in [0.2, 0.25) is 5.02 Å². The highest BCUT2D eigenvalue weighted by atomic mass is 35.5. The maximum absolute atomic E-state index is 6.32. The predicted octanol–water partition coefficient (Wildman–Crippen LogP) is 6.27. The van der Waals surface area contributed by atoms with Crippen molar-refractivity contribution < 1.29 is 4.74 Å². The van der Waals surface area contributed by atoms with Gasteiger partial charge in [0.25, 0.3) is 0 Å². The van der Waals surface area contributed by atoms with Gasteiger partial charge in [0.15, 0.2) is 0 Å². The van der Waals surface area contributed by atoms with Gasteiger partial charge in [0.1, 0.15) is 5.01 Å². The number of rotatable bonds is 5. The van der Waals surface area contributed by atoms with Crippen LogP contribution in [0.15, 0.2) is 48.5 Å². The fourth-order valence-electron chi connectivity index (χ4n) is 3.68. The number of piperidine rings is 1. The van der Waals surface area contributed by atoms with Crippen LogP contribution in [-0.4, -0.2) is 24.2 Å². The lowest BCUT2D eigenvalue weighted by atomic mass is 10.1. The number of thiazole rings is 1. The molecule has 1 aromatic heterocycles. The Morgan fingerprint density at radius 2 is 1.93 bits per heavy atom. The number of hydrogen-bond acceptors (Lipinski definition) is 4. The molecule has 1 atom stereocenters. The van der Waals surface area contributed by atoms with Gasteiger partial charge >= 0.3 is 0 Å². The molecule has 1 fully saturated rings. The van der Waals surface area contributed by atoms with Gasteiger partial charge in [-0.05, 0) is 50.5 Å². The Morgan fingerprint density at radius 3 is 2.71 bits per heavy atom. The molecule has 1 aliphatic heterocycles. The Bertz CT molecular complexity index is 938.